The average molecular weight is 374 g/mol. The van der Waals surface area contributed by atoms with Gasteiger partial charge < -0.3 is 9.42 Å². The molecule has 0 saturated heterocycles. The first-order valence-electron chi connectivity index (χ1n) is 8.26. The summed E-state index contributed by atoms with van der Waals surface area (Å²) in [5.41, 5.74) is 1.83. The number of rotatable bonds is 5. The Labute approximate surface area is 154 Å². The summed E-state index contributed by atoms with van der Waals surface area (Å²) in [6, 6.07) is 15.1. The van der Waals surface area contributed by atoms with Gasteiger partial charge in [-0.05, 0) is 30.2 Å². The smallest absolute Gasteiger partial charge is 0.361 e. The molecule has 0 bridgehead atoms. The van der Waals surface area contributed by atoms with Crippen molar-refractivity contribution >= 4 is 11.6 Å². The highest BCUT2D eigenvalue weighted by Crippen LogP contribution is 2.25. The fourth-order valence-electron chi connectivity index (χ4n) is 2.72. The SMILES string of the molecule is Cc1oncc1C(=O)N(Cc1ccccc1)c1ccc(CC(F)(F)F)cc1. The Balaban J connectivity index is 1.92. The minimum Gasteiger partial charge on any atom is -0.361 e. The molecule has 0 aliphatic rings. The van der Waals surface area contributed by atoms with Crippen LogP contribution in [-0.2, 0) is 13.0 Å². The Morgan fingerprint density at radius 3 is 2.26 bits per heavy atom. The van der Waals surface area contributed by atoms with Crippen LogP contribution in [0.1, 0.15) is 27.2 Å². The lowest BCUT2D eigenvalue weighted by Gasteiger charge is -2.23. The second-order valence-electron chi connectivity index (χ2n) is 6.13. The Bertz CT molecular complexity index is 903. The molecule has 1 heterocycles. The molecule has 3 aromatic rings. The van der Waals surface area contributed by atoms with Gasteiger partial charge in [-0.25, -0.2) is 0 Å². The van der Waals surface area contributed by atoms with E-state index in [-0.39, 0.29) is 18.0 Å². The van der Waals surface area contributed by atoms with E-state index in [1.807, 2.05) is 30.3 Å². The zero-order valence-corrected chi connectivity index (χ0v) is 14.5. The lowest BCUT2D eigenvalue weighted by Crippen LogP contribution is -2.30. The number of aryl methyl sites for hydroxylation is 1. The number of aromatic nitrogens is 1. The van der Waals surface area contributed by atoms with E-state index in [2.05, 4.69) is 5.16 Å². The molecule has 0 saturated carbocycles. The molecule has 2 aromatic carbocycles. The first-order valence-corrected chi connectivity index (χ1v) is 8.26. The molecular formula is C20H17F3N2O2. The molecular weight excluding hydrogens is 357 g/mol. The summed E-state index contributed by atoms with van der Waals surface area (Å²) in [5, 5.41) is 3.63. The Hall–Kier alpha value is -3.09. The van der Waals surface area contributed by atoms with Gasteiger partial charge in [0, 0.05) is 5.69 Å². The standard InChI is InChI=1S/C20H17F3N2O2/c1-14-18(12-24-27-14)19(26)25(13-16-5-3-2-4-6-16)17-9-7-15(8-10-17)11-20(21,22)23/h2-10,12H,11,13H2,1H3. The van der Waals surface area contributed by atoms with Crippen LogP contribution in [0.15, 0.2) is 65.3 Å². The van der Waals surface area contributed by atoms with Crippen LogP contribution < -0.4 is 4.90 Å². The lowest BCUT2D eigenvalue weighted by molar-refractivity contribution is -0.127. The third-order valence-corrected chi connectivity index (χ3v) is 4.06. The molecule has 0 fully saturated rings. The molecule has 140 valence electrons. The van der Waals surface area contributed by atoms with Crippen LogP contribution in [0.2, 0.25) is 0 Å². The van der Waals surface area contributed by atoms with Gasteiger partial charge in [0.15, 0.2) is 0 Å². The van der Waals surface area contributed by atoms with Crippen LogP contribution in [0.3, 0.4) is 0 Å². The molecule has 1 aromatic heterocycles. The maximum Gasteiger partial charge on any atom is 0.393 e. The fourth-order valence-corrected chi connectivity index (χ4v) is 2.72. The van der Waals surface area contributed by atoms with E-state index in [9.17, 15) is 18.0 Å². The Kier molecular flexibility index (Phi) is 5.30. The molecule has 4 nitrogen and oxygen atoms in total. The van der Waals surface area contributed by atoms with E-state index >= 15 is 0 Å². The van der Waals surface area contributed by atoms with Crippen molar-refractivity contribution in [1.82, 2.24) is 5.16 Å². The van der Waals surface area contributed by atoms with Crippen LogP contribution >= 0.6 is 0 Å². The van der Waals surface area contributed by atoms with Gasteiger partial charge in [0.2, 0.25) is 0 Å². The monoisotopic (exact) mass is 374 g/mol. The Morgan fingerprint density at radius 1 is 1.04 bits per heavy atom. The number of benzene rings is 2. The third kappa shape index (κ3) is 4.75. The zero-order valence-electron chi connectivity index (χ0n) is 14.5. The van der Waals surface area contributed by atoms with Crippen molar-refractivity contribution in [1.29, 1.82) is 0 Å². The van der Waals surface area contributed by atoms with Gasteiger partial charge in [0.1, 0.15) is 11.3 Å². The van der Waals surface area contributed by atoms with Crippen molar-refractivity contribution in [3.8, 4) is 0 Å². The predicted molar refractivity (Wildman–Crippen MR) is 94.4 cm³/mol. The van der Waals surface area contributed by atoms with E-state index in [0.29, 0.717) is 17.0 Å². The van der Waals surface area contributed by atoms with Gasteiger partial charge >= 0.3 is 6.18 Å². The van der Waals surface area contributed by atoms with Gasteiger partial charge in [-0.3, -0.25) is 4.79 Å². The molecule has 0 spiro atoms. The van der Waals surface area contributed by atoms with Crippen LogP contribution in [0.5, 0.6) is 0 Å². The first kappa shape index (κ1) is 18.7. The van der Waals surface area contributed by atoms with E-state index in [0.717, 1.165) is 5.56 Å². The summed E-state index contributed by atoms with van der Waals surface area (Å²) in [6.07, 6.45) is -3.95. The van der Waals surface area contributed by atoms with Gasteiger partial charge in [-0.2, -0.15) is 13.2 Å². The fraction of sp³-hybridized carbons (Fsp3) is 0.200. The minimum atomic E-state index is -4.28. The maximum absolute atomic E-state index is 13.0. The number of carbonyl (C=O) groups excluding carboxylic acids is 1. The van der Waals surface area contributed by atoms with Crippen molar-refractivity contribution in [3.63, 3.8) is 0 Å². The van der Waals surface area contributed by atoms with E-state index in [1.54, 1.807) is 6.92 Å². The summed E-state index contributed by atoms with van der Waals surface area (Å²) in [6.45, 7) is 1.90. The summed E-state index contributed by atoms with van der Waals surface area (Å²) < 4.78 is 42.7. The number of hydrogen-bond donors (Lipinski definition) is 0. The molecule has 0 atom stereocenters. The number of hydrogen-bond acceptors (Lipinski definition) is 3. The summed E-state index contributed by atoms with van der Waals surface area (Å²) >= 11 is 0. The number of halogens is 3. The molecule has 7 heteroatoms. The van der Waals surface area contributed by atoms with Crippen LogP contribution in [0, 0.1) is 6.92 Å². The molecule has 0 aliphatic heterocycles. The Morgan fingerprint density at radius 2 is 1.70 bits per heavy atom. The molecule has 0 aliphatic carbocycles. The quantitative estimate of drug-likeness (QED) is 0.636. The highest BCUT2D eigenvalue weighted by atomic mass is 19.4. The van der Waals surface area contributed by atoms with Gasteiger partial charge in [0.25, 0.3) is 5.91 Å². The highest BCUT2D eigenvalue weighted by molar-refractivity contribution is 6.06. The lowest BCUT2D eigenvalue weighted by atomic mass is 10.1. The minimum absolute atomic E-state index is 0.138. The van der Waals surface area contributed by atoms with E-state index in [4.69, 9.17) is 4.52 Å². The van der Waals surface area contributed by atoms with Crippen LogP contribution in [0.25, 0.3) is 0 Å². The highest BCUT2D eigenvalue weighted by Gasteiger charge is 2.28. The van der Waals surface area contributed by atoms with Gasteiger partial charge in [-0.1, -0.05) is 47.6 Å². The molecule has 0 unspecified atom stereocenters. The summed E-state index contributed by atoms with van der Waals surface area (Å²) in [7, 11) is 0. The van der Waals surface area contributed by atoms with Crippen LogP contribution in [0.4, 0.5) is 18.9 Å². The van der Waals surface area contributed by atoms with E-state index < -0.39 is 12.6 Å². The second-order valence-corrected chi connectivity index (χ2v) is 6.13. The molecule has 0 N–H and O–H groups in total. The van der Waals surface area contributed by atoms with Crippen molar-refractivity contribution in [2.24, 2.45) is 0 Å². The second kappa shape index (κ2) is 7.65. The predicted octanol–water partition coefficient (Wildman–Crippen LogP) is 4.93. The summed E-state index contributed by atoms with van der Waals surface area (Å²) in [4.78, 5) is 14.5. The maximum atomic E-state index is 13.0. The molecule has 3 rings (SSSR count). The average Bonchev–Trinajstić information content (AvgIpc) is 3.05. The number of anilines is 1. The molecule has 1 amide bonds. The van der Waals surface area contributed by atoms with Crippen LogP contribution in [-0.4, -0.2) is 17.2 Å². The van der Waals surface area contributed by atoms with Gasteiger partial charge in [0.05, 0.1) is 19.2 Å². The van der Waals surface area contributed by atoms with Crippen molar-refractivity contribution in [2.45, 2.75) is 26.1 Å². The number of amides is 1. The first-order chi connectivity index (χ1) is 12.8. The van der Waals surface area contributed by atoms with Crippen molar-refractivity contribution < 1.29 is 22.5 Å². The van der Waals surface area contributed by atoms with E-state index in [1.165, 1.54) is 35.4 Å². The largest absolute Gasteiger partial charge is 0.393 e. The number of alkyl halides is 3. The number of carbonyl (C=O) groups is 1. The van der Waals surface area contributed by atoms with Crippen molar-refractivity contribution in [2.75, 3.05) is 4.90 Å². The molecule has 0 radical (unpaired) electrons. The molecule has 27 heavy (non-hydrogen) atoms. The zero-order chi connectivity index (χ0) is 19.4. The number of nitrogens with zero attached hydrogens (tertiary/aromatic N) is 2. The normalized spacial score (nSPS) is 11.4. The summed E-state index contributed by atoms with van der Waals surface area (Å²) in [5.74, 6) is 0.0490. The van der Waals surface area contributed by atoms with Gasteiger partial charge in [-0.15, -0.1) is 0 Å². The van der Waals surface area contributed by atoms with Crippen molar-refractivity contribution in [3.05, 3.63) is 83.2 Å². The topological polar surface area (TPSA) is 46.3 Å². The third-order valence-electron chi connectivity index (χ3n) is 4.06.